The fourth-order valence-electron chi connectivity index (χ4n) is 1.19. The van der Waals surface area contributed by atoms with Gasteiger partial charge in [0, 0.05) is 19.0 Å². The minimum atomic E-state index is -0.398. The SMILES string of the molecule is CC(=O)NCC=Cc1cc(F)ccc1C=O. The molecular weight excluding hydrogens is 209 g/mol. The Morgan fingerprint density at radius 2 is 2.19 bits per heavy atom. The lowest BCUT2D eigenvalue weighted by Crippen LogP contribution is -2.19. The van der Waals surface area contributed by atoms with E-state index in [-0.39, 0.29) is 5.91 Å². The number of nitrogens with one attached hydrogen (secondary N) is 1. The van der Waals surface area contributed by atoms with Crippen molar-refractivity contribution in [1.29, 1.82) is 0 Å². The van der Waals surface area contributed by atoms with Gasteiger partial charge in [0.1, 0.15) is 5.82 Å². The molecule has 16 heavy (non-hydrogen) atoms. The molecule has 0 aliphatic heterocycles. The lowest BCUT2D eigenvalue weighted by atomic mass is 10.1. The van der Waals surface area contributed by atoms with E-state index in [9.17, 15) is 14.0 Å². The highest BCUT2D eigenvalue weighted by Gasteiger charge is 1.99. The topological polar surface area (TPSA) is 46.2 Å². The lowest BCUT2D eigenvalue weighted by molar-refractivity contribution is -0.118. The molecule has 0 aromatic heterocycles. The molecule has 0 heterocycles. The minimum Gasteiger partial charge on any atom is -0.353 e. The Bertz CT molecular complexity index is 427. The second-order valence-electron chi connectivity index (χ2n) is 3.23. The first-order chi connectivity index (χ1) is 7.63. The van der Waals surface area contributed by atoms with E-state index in [4.69, 9.17) is 0 Å². The molecule has 0 saturated carbocycles. The summed E-state index contributed by atoms with van der Waals surface area (Å²) in [4.78, 5) is 21.2. The van der Waals surface area contributed by atoms with Crippen LogP contribution in [0.2, 0.25) is 0 Å². The maximum Gasteiger partial charge on any atom is 0.217 e. The summed E-state index contributed by atoms with van der Waals surface area (Å²) in [5, 5.41) is 2.56. The number of carbonyl (C=O) groups excluding carboxylic acids is 2. The van der Waals surface area contributed by atoms with E-state index in [1.807, 2.05) is 0 Å². The van der Waals surface area contributed by atoms with Crippen LogP contribution in [0.25, 0.3) is 6.08 Å². The van der Waals surface area contributed by atoms with Gasteiger partial charge in [-0.1, -0.05) is 12.2 Å². The van der Waals surface area contributed by atoms with Crippen molar-refractivity contribution in [2.24, 2.45) is 0 Å². The third kappa shape index (κ3) is 3.65. The van der Waals surface area contributed by atoms with Crippen molar-refractivity contribution in [2.75, 3.05) is 6.54 Å². The first-order valence-corrected chi connectivity index (χ1v) is 4.79. The normalized spacial score (nSPS) is 10.4. The van der Waals surface area contributed by atoms with Crippen LogP contribution < -0.4 is 5.32 Å². The smallest absolute Gasteiger partial charge is 0.217 e. The van der Waals surface area contributed by atoms with Crippen LogP contribution in [-0.2, 0) is 4.79 Å². The highest BCUT2D eigenvalue weighted by atomic mass is 19.1. The molecule has 1 N–H and O–H groups in total. The van der Waals surface area contributed by atoms with Gasteiger partial charge in [0.25, 0.3) is 0 Å². The van der Waals surface area contributed by atoms with Crippen LogP contribution >= 0.6 is 0 Å². The molecule has 0 spiro atoms. The molecule has 1 rings (SSSR count). The largest absolute Gasteiger partial charge is 0.353 e. The van der Waals surface area contributed by atoms with Gasteiger partial charge in [-0.15, -0.1) is 0 Å². The molecule has 0 unspecified atom stereocenters. The van der Waals surface area contributed by atoms with Crippen molar-refractivity contribution in [1.82, 2.24) is 5.32 Å². The number of halogens is 1. The van der Waals surface area contributed by atoms with Gasteiger partial charge in [-0.2, -0.15) is 0 Å². The van der Waals surface area contributed by atoms with E-state index in [1.165, 1.54) is 25.1 Å². The molecule has 0 saturated heterocycles. The first-order valence-electron chi connectivity index (χ1n) is 4.79. The van der Waals surface area contributed by atoms with Crippen LogP contribution in [-0.4, -0.2) is 18.7 Å². The quantitative estimate of drug-likeness (QED) is 0.788. The fourth-order valence-corrected chi connectivity index (χ4v) is 1.19. The van der Waals surface area contributed by atoms with Crippen LogP contribution in [0.1, 0.15) is 22.8 Å². The Kier molecular flexibility index (Phi) is 4.39. The molecule has 0 aliphatic carbocycles. The highest BCUT2D eigenvalue weighted by molar-refractivity contribution is 5.81. The average Bonchev–Trinajstić information content (AvgIpc) is 2.24. The Morgan fingerprint density at radius 1 is 1.44 bits per heavy atom. The average molecular weight is 221 g/mol. The lowest BCUT2D eigenvalue weighted by Gasteiger charge is -1.99. The van der Waals surface area contributed by atoms with Crippen LogP contribution in [0.15, 0.2) is 24.3 Å². The molecular formula is C12H12FNO2. The van der Waals surface area contributed by atoms with Crippen molar-refractivity contribution in [3.8, 4) is 0 Å². The van der Waals surface area contributed by atoms with Crippen LogP contribution in [0.4, 0.5) is 4.39 Å². The number of rotatable bonds is 4. The predicted octanol–water partition coefficient (Wildman–Crippen LogP) is 1.79. The second-order valence-corrected chi connectivity index (χ2v) is 3.23. The van der Waals surface area contributed by atoms with E-state index in [0.29, 0.717) is 24.0 Å². The van der Waals surface area contributed by atoms with Gasteiger partial charge in [-0.3, -0.25) is 9.59 Å². The van der Waals surface area contributed by atoms with Crippen LogP contribution in [0.5, 0.6) is 0 Å². The van der Waals surface area contributed by atoms with Crippen LogP contribution in [0.3, 0.4) is 0 Å². The zero-order valence-electron chi connectivity index (χ0n) is 8.87. The van der Waals surface area contributed by atoms with Gasteiger partial charge in [0.15, 0.2) is 6.29 Å². The van der Waals surface area contributed by atoms with Crippen molar-refractivity contribution >= 4 is 18.3 Å². The molecule has 0 radical (unpaired) electrons. The zero-order valence-corrected chi connectivity index (χ0v) is 8.87. The number of benzene rings is 1. The predicted molar refractivity (Wildman–Crippen MR) is 59.5 cm³/mol. The summed E-state index contributed by atoms with van der Waals surface area (Å²) in [5.41, 5.74) is 0.917. The summed E-state index contributed by atoms with van der Waals surface area (Å²) in [5.74, 6) is -0.538. The summed E-state index contributed by atoms with van der Waals surface area (Å²) in [6, 6.07) is 3.92. The summed E-state index contributed by atoms with van der Waals surface area (Å²) in [6.45, 7) is 1.76. The molecule has 0 aliphatic rings. The number of hydrogen-bond acceptors (Lipinski definition) is 2. The summed E-state index contributed by atoms with van der Waals surface area (Å²) in [6.07, 6.45) is 3.92. The minimum absolute atomic E-state index is 0.139. The molecule has 0 fully saturated rings. The molecule has 1 aromatic carbocycles. The van der Waals surface area contributed by atoms with E-state index in [1.54, 1.807) is 12.2 Å². The Morgan fingerprint density at radius 3 is 2.81 bits per heavy atom. The van der Waals surface area contributed by atoms with Crippen molar-refractivity contribution in [2.45, 2.75) is 6.92 Å². The fraction of sp³-hybridized carbons (Fsp3) is 0.167. The first kappa shape index (κ1) is 12.1. The molecule has 1 amide bonds. The summed E-state index contributed by atoms with van der Waals surface area (Å²) in [7, 11) is 0. The molecule has 0 bridgehead atoms. The third-order valence-corrected chi connectivity index (χ3v) is 1.94. The Hall–Kier alpha value is -1.97. The monoisotopic (exact) mass is 221 g/mol. The van der Waals surface area contributed by atoms with Crippen LogP contribution in [0, 0.1) is 5.82 Å². The maximum atomic E-state index is 12.9. The standard InChI is InChI=1S/C12H12FNO2/c1-9(16)14-6-2-3-10-7-12(13)5-4-11(10)8-15/h2-5,7-8H,6H2,1H3,(H,14,16). The number of hydrogen-bond donors (Lipinski definition) is 1. The van der Waals surface area contributed by atoms with E-state index in [0.717, 1.165) is 0 Å². The Balaban J connectivity index is 2.75. The van der Waals surface area contributed by atoms with E-state index < -0.39 is 5.82 Å². The van der Waals surface area contributed by atoms with Crippen molar-refractivity contribution in [3.05, 3.63) is 41.2 Å². The third-order valence-electron chi connectivity index (χ3n) is 1.94. The van der Waals surface area contributed by atoms with Crippen molar-refractivity contribution in [3.63, 3.8) is 0 Å². The van der Waals surface area contributed by atoms with Gasteiger partial charge in [-0.25, -0.2) is 4.39 Å². The molecule has 4 heteroatoms. The highest BCUT2D eigenvalue weighted by Crippen LogP contribution is 2.11. The molecule has 1 aromatic rings. The number of amides is 1. The van der Waals surface area contributed by atoms with Crippen molar-refractivity contribution < 1.29 is 14.0 Å². The van der Waals surface area contributed by atoms with Gasteiger partial charge in [0.05, 0.1) is 0 Å². The zero-order chi connectivity index (χ0) is 12.0. The number of aldehydes is 1. The van der Waals surface area contributed by atoms with Gasteiger partial charge < -0.3 is 5.32 Å². The Labute approximate surface area is 93.0 Å². The van der Waals surface area contributed by atoms with Gasteiger partial charge >= 0.3 is 0 Å². The molecule has 0 atom stereocenters. The van der Waals surface area contributed by atoms with E-state index in [2.05, 4.69) is 5.32 Å². The molecule has 84 valence electrons. The second kappa shape index (κ2) is 5.80. The summed E-state index contributed by atoms with van der Waals surface area (Å²) >= 11 is 0. The number of carbonyl (C=O) groups is 2. The van der Waals surface area contributed by atoms with E-state index >= 15 is 0 Å². The maximum absolute atomic E-state index is 12.9. The molecule has 3 nitrogen and oxygen atoms in total. The van der Waals surface area contributed by atoms with Gasteiger partial charge in [-0.05, 0) is 23.8 Å². The van der Waals surface area contributed by atoms with Gasteiger partial charge in [0.2, 0.25) is 5.91 Å². The summed E-state index contributed by atoms with van der Waals surface area (Å²) < 4.78 is 12.9.